The predicted molar refractivity (Wildman–Crippen MR) is 86.2 cm³/mol. The lowest BCUT2D eigenvalue weighted by molar-refractivity contribution is 0.0732. The lowest BCUT2D eigenvalue weighted by atomic mass is 9.67. The van der Waals surface area contributed by atoms with Gasteiger partial charge in [-0.05, 0) is 43.4 Å². The van der Waals surface area contributed by atoms with Gasteiger partial charge in [-0.3, -0.25) is 4.99 Å². The van der Waals surface area contributed by atoms with Gasteiger partial charge in [0.25, 0.3) is 0 Å². The molecule has 0 amide bonds. The molecule has 0 aliphatic heterocycles. The first kappa shape index (κ1) is 17.3. The van der Waals surface area contributed by atoms with Crippen LogP contribution in [0.25, 0.3) is 0 Å². The minimum absolute atomic E-state index is 0.436. The van der Waals surface area contributed by atoms with Crippen molar-refractivity contribution < 1.29 is 4.74 Å². The lowest BCUT2D eigenvalue weighted by Crippen LogP contribution is -2.47. The Hall–Kier alpha value is -0.770. The van der Waals surface area contributed by atoms with Crippen LogP contribution in [0.15, 0.2) is 4.99 Å². The van der Waals surface area contributed by atoms with Crippen molar-refractivity contribution in [2.45, 2.75) is 52.4 Å². The third-order valence-corrected chi connectivity index (χ3v) is 4.36. The molecule has 4 nitrogen and oxygen atoms in total. The summed E-state index contributed by atoms with van der Waals surface area (Å²) in [5.41, 5.74) is 0.436. The van der Waals surface area contributed by atoms with Crippen molar-refractivity contribution in [1.82, 2.24) is 10.6 Å². The Labute approximate surface area is 124 Å². The molecular formula is C16H33N3O. The maximum absolute atomic E-state index is 5.23. The van der Waals surface area contributed by atoms with Crippen molar-refractivity contribution in [1.29, 1.82) is 0 Å². The topological polar surface area (TPSA) is 45.7 Å². The van der Waals surface area contributed by atoms with Gasteiger partial charge in [0, 0.05) is 33.9 Å². The second-order valence-corrected chi connectivity index (χ2v) is 6.48. The summed E-state index contributed by atoms with van der Waals surface area (Å²) < 4.78 is 5.23. The molecule has 1 fully saturated rings. The van der Waals surface area contributed by atoms with Crippen LogP contribution in [0.4, 0.5) is 0 Å². The summed E-state index contributed by atoms with van der Waals surface area (Å²) in [6.45, 7) is 7.41. The molecule has 0 bridgehead atoms. The summed E-state index contributed by atoms with van der Waals surface area (Å²) in [5.74, 6) is 1.72. The van der Waals surface area contributed by atoms with E-state index < -0.39 is 0 Å². The molecule has 1 aliphatic carbocycles. The summed E-state index contributed by atoms with van der Waals surface area (Å²) in [7, 11) is 3.63. The molecule has 0 aromatic heterocycles. The minimum atomic E-state index is 0.436. The van der Waals surface area contributed by atoms with E-state index in [1.807, 2.05) is 7.05 Å². The number of nitrogens with zero attached hydrogens (tertiary/aromatic N) is 1. The molecule has 20 heavy (non-hydrogen) atoms. The molecule has 4 heteroatoms. The summed E-state index contributed by atoms with van der Waals surface area (Å²) in [5, 5.41) is 6.90. The van der Waals surface area contributed by atoms with Crippen LogP contribution >= 0.6 is 0 Å². The lowest BCUT2D eigenvalue weighted by Gasteiger charge is -2.42. The van der Waals surface area contributed by atoms with E-state index in [-0.39, 0.29) is 0 Å². The standard InChI is InChI=1S/C16H33N3O/c1-14(2)7-5-11-18-15(17-3)19-13-16(8-6-9-16)10-12-20-4/h14H,5-13H2,1-4H3,(H2,17,18,19). The second-order valence-electron chi connectivity index (χ2n) is 6.48. The van der Waals surface area contributed by atoms with Gasteiger partial charge in [0.1, 0.15) is 0 Å². The minimum Gasteiger partial charge on any atom is -0.385 e. The SMILES string of the molecule is CN=C(NCCCC(C)C)NCC1(CCOC)CCC1. The van der Waals surface area contributed by atoms with Gasteiger partial charge < -0.3 is 15.4 Å². The maximum atomic E-state index is 5.23. The quantitative estimate of drug-likeness (QED) is 0.388. The number of ether oxygens (including phenoxy) is 1. The molecule has 1 saturated carbocycles. The van der Waals surface area contributed by atoms with E-state index in [0.717, 1.165) is 38.0 Å². The molecule has 0 atom stereocenters. The molecule has 0 spiro atoms. The summed E-state index contributed by atoms with van der Waals surface area (Å²) in [4.78, 5) is 4.31. The molecule has 0 unspecified atom stereocenters. The van der Waals surface area contributed by atoms with Crippen LogP contribution in [0.2, 0.25) is 0 Å². The molecule has 0 saturated heterocycles. The Morgan fingerprint density at radius 2 is 2.05 bits per heavy atom. The zero-order valence-corrected chi connectivity index (χ0v) is 13.8. The Kier molecular flexibility index (Phi) is 7.97. The number of nitrogens with one attached hydrogen (secondary N) is 2. The largest absolute Gasteiger partial charge is 0.385 e. The Morgan fingerprint density at radius 3 is 2.55 bits per heavy atom. The van der Waals surface area contributed by atoms with Crippen LogP contribution in [-0.4, -0.2) is 39.8 Å². The highest BCUT2D eigenvalue weighted by Gasteiger charge is 2.36. The highest BCUT2D eigenvalue weighted by molar-refractivity contribution is 5.79. The summed E-state index contributed by atoms with van der Waals surface area (Å²) in [6.07, 6.45) is 7.60. The molecular weight excluding hydrogens is 250 g/mol. The van der Waals surface area contributed by atoms with E-state index >= 15 is 0 Å². The molecule has 0 aromatic carbocycles. The molecule has 2 N–H and O–H groups in total. The monoisotopic (exact) mass is 283 g/mol. The first-order valence-corrected chi connectivity index (χ1v) is 8.05. The molecule has 118 valence electrons. The Bertz CT molecular complexity index is 285. The first-order chi connectivity index (χ1) is 9.62. The van der Waals surface area contributed by atoms with E-state index in [0.29, 0.717) is 5.41 Å². The zero-order chi connectivity index (χ0) is 14.8. The van der Waals surface area contributed by atoms with Gasteiger partial charge in [-0.15, -0.1) is 0 Å². The van der Waals surface area contributed by atoms with Crippen LogP contribution in [0.1, 0.15) is 52.4 Å². The average Bonchev–Trinajstić information content (AvgIpc) is 2.39. The fourth-order valence-corrected chi connectivity index (χ4v) is 2.72. The highest BCUT2D eigenvalue weighted by atomic mass is 16.5. The van der Waals surface area contributed by atoms with Crippen molar-refractivity contribution in [3.8, 4) is 0 Å². The molecule has 0 aromatic rings. The van der Waals surface area contributed by atoms with Crippen LogP contribution in [-0.2, 0) is 4.74 Å². The number of rotatable bonds is 9. The normalized spacial score (nSPS) is 17.9. The number of guanidine groups is 1. The first-order valence-electron chi connectivity index (χ1n) is 8.05. The number of hydrogen-bond acceptors (Lipinski definition) is 2. The van der Waals surface area contributed by atoms with Crippen LogP contribution in [0.3, 0.4) is 0 Å². The Morgan fingerprint density at radius 1 is 1.30 bits per heavy atom. The number of aliphatic imine (C=N–C) groups is 1. The van der Waals surface area contributed by atoms with Crippen LogP contribution in [0, 0.1) is 11.3 Å². The van der Waals surface area contributed by atoms with Gasteiger partial charge in [0.15, 0.2) is 5.96 Å². The van der Waals surface area contributed by atoms with Gasteiger partial charge in [-0.2, -0.15) is 0 Å². The van der Waals surface area contributed by atoms with Crippen molar-refractivity contribution in [2.75, 3.05) is 33.9 Å². The van der Waals surface area contributed by atoms with E-state index in [2.05, 4.69) is 29.5 Å². The van der Waals surface area contributed by atoms with E-state index in [4.69, 9.17) is 4.74 Å². The van der Waals surface area contributed by atoms with Crippen LogP contribution < -0.4 is 10.6 Å². The van der Waals surface area contributed by atoms with Crippen molar-refractivity contribution in [2.24, 2.45) is 16.3 Å². The third kappa shape index (κ3) is 6.12. The molecule has 0 radical (unpaired) electrons. The van der Waals surface area contributed by atoms with E-state index in [1.165, 1.54) is 32.1 Å². The van der Waals surface area contributed by atoms with Gasteiger partial charge in [0.05, 0.1) is 0 Å². The van der Waals surface area contributed by atoms with E-state index in [9.17, 15) is 0 Å². The molecule has 0 heterocycles. The number of hydrogen-bond donors (Lipinski definition) is 2. The van der Waals surface area contributed by atoms with Crippen molar-refractivity contribution in [3.63, 3.8) is 0 Å². The van der Waals surface area contributed by atoms with Crippen molar-refractivity contribution >= 4 is 5.96 Å². The molecule has 1 rings (SSSR count). The smallest absolute Gasteiger partial charge is 0.190 e. The average molecular weight is 283 g/mol. The summed E-state index contributed by atoms with van der Waals surface area (Å²) in [6, 6.07) is 0. The maximum Gasteiger partial charge on any atom is 0.190 e. The Balaban J connectivity index is 2.23. The fraction of sp³-hybridized carbons (Fsp3) is 0.938. The fourth-order valence-electron chi connectivity index (χ4n) is 2.72. The summed E-state index contributed by atoms with van der Waals surface area (Å²) >= 11 is 0. The second kappa shape index (κ2) is 9.22. The third-order valence-electron chi connectivity index (χ3n) is 4.36. The zero-order valence-electron chi connectivity index (χ0n) is 13.8. The van der Waals surface area contributed by atoms with Gasteiger partial charge in [-0.1, -0.05) is 20.3 Å². The van der Waals surface area contributed by atoms with Crippen LogP contribution in [0.5, 0.6) is 0 Å². The van der Waals surface area contributed by atoms with E-state index in [1.54, 1.807) is 7.11 Å². The van der Waals surface area contributed by atoms with Gasteiger partial charge >= 0.3 is 0 Å². The van der Waals surface area contributed by atoms with Gasteiger partial charge in [-0.25, -0.2) is 0 Å². The number of methoxy groups -OCH3 is 1. The van der Waals surface area contributed by atoms with Gasteiger partial charge in [0.2, 0.25) is 0 Å². The van der Waals surface area contributed by atoms with Crippen molar-refractivity contribution in [3.05, 3.63) is 0 Å². The predicted octanol–water partition coefficient (Wildman–Crippen LogP) is 2.79. The highest BCUT2D eigenvalue weighted by Crippen LogP contribution is 2.43. The molecule has 1 aliphatic rings.